The minimum absolute atomic E-state index is 0. The Hall–Kier alpha value is -4.39. The topological polar surface area (TPSA) is 199 Å². The summed E-state index contributed by atoms with van der Waals surface area (Å²) in [5.41, 5.74) is 0. The standard InChI is InChI=1S/C26H4F20P2.10CO.3Ru/c27-3-7(31)15(39)23(16(40)8(3)32)47(24-17(41)9(33)4(28)10(34)18(24)42)1-2-48(25-19(43)11(35)5(29)12(36)20(25)44)26-21(45)13(37)6(30)14(38)22(26)46;10*1-2;;;/h1-2H2;;;;;;;;;;;;;. The molecule has 0 aliphatic carbocycles. The Morgan fingerprint density at radius 1 is 0.183 bits per heavy atom. The Balaban J connectivity index is -0.000000180. The Kier molecular flexibility index (Phi) is 60.4. The summed E-state index contributed by atoms with van der Waals surface area (Å²) in [5, 5.41) is -9.63. The maximum absolute atomic E-state index is 14.9. The molecule has 0 radical (unpaired) electrons. The van der Waals surface area contributed by atoms with Gasteiger partial charge in [0.2, 0.25) is 23.3 Å². The first-order chi connectivity index (χ1) is 32.2. The quantitative estimate of drug-likeness (QED) is 0.0334. The third-order valence-electron chi connectivity index (χ3n) is 6.37. The van der Waals surface area contributed by atoms with Crippen molar-refractivity contribution in [2.24, 2.45) is 0 Å². The summed E-state index contributed by atoms with van der Waals surface area (Å²) in [6.45, 7) is 45.0. The number of rotatable bonds is 7. The Labute approximate surface area is 423 Å². The van der Waals surface area contributed by atoms with Gasteiger partial charge in [-0.05, 0) is 28.2 Å². The van der Waals surface area contributed by atoms with Crippen LogP contribution in [0, 0.1) is 183 Å². The Morgan fingerprint density at radius 3 is 0.338 bits per heavy atom. The van der Waals surface area contributed by atoms with Crippen LogP contribution in [-0.4, -0.2) is 12.3 Å². The van der Waals surface area contributed by atoms with E-state index in [0.717, 1.165) is 0 Å². The molecule has 0 aliphatic heterocycles. The zero-order chi connectivity index (χ0) is 56.4. The molecule has 4 aromatic carbocycles. The molecule has 0 aromatic heterocycles. The van der Waals surface area contributed by atoms with Crippen LogP contribution in [0.25, 0.3) is 0 Å². The van der Waals surface area contributed by atoms with Gasteiger partial charge in [0.25, 0.3) is 0 Å². The molecule has 4 aromatic rings. The van der Waals surface area contributed by atoms with Crippen LogP contribution in [-0.2, 0) is 105 Å². The van der Waals surface area contributed by atoms with E-state index in [1.54, 1.807) is 0 Å². The van der Waals surface area contributed by atoms with Gasteiger partial charge in [-0.2, -0.15) is 0 Å². The van der Waals surface area contributed by atoms with E-state index in [9.17, 15) is 87.8 Å². The van der Waals surface area contributed by atoms with E-state index in [-0.39, 0.29) is 58.4 Å². The van der Waals surface area contributed by atoms with Crippen molar-refractivity contribution in [3.63, 3.8) is 0 Å². The van der Waals surface area contributed by atoms with Gasteiger partial charge in [-0.25, -0.2) is 87.8 Å². The summed E-state index contributed by atoms with van der Waals surface area (Å²) >= 11 is 0. The molecule has 35 heteroatoms. The second kappa shape index (κ2) is 47.9. The predicted octanol–water partition coefficient (Wildman–Crippen LogP) is 7.65. The Morgan fingerprint density at radius 2 is 0.254 bits per heavy atom. The van der Waals surface area contributed by atoms with Crippen molar-refractivity contribution in [2.45, 2.75) is 0 Å². The summed E-state index contributed by atoms with van der Waals surface area (Å²) in [6.07, 6.45) is -4.03. The zero-order valence-corrected chi connectivity index (χ0v) is 39.0. The van der Waals surface area contributed by atoms with Crippen LogP contribution in [0.1, 0.15) is 0 Å². The molecule has 0 aliphatic rings. The van der Waals surface area contributed by atoms with Crippen LogP contribution in [0.2, 0.25) is 0 Å². The molecule has 0 unspecified atom stereocenters. The molecule has 71 heavy (non-hydrogen) atoms. The van der Waals surface area contributed by atoms with Gasteiger partial charge < -0.3 is 0 Å². The summed E-state index contributed by atoms with van der Waals surface area (Å²) in [5.74, 6) is -59.4. The van der Waals surface area contributed by atoms with Crippen LogP contribution in [0.5, 0.6) is 0 Å². The fourth-order valence-electron chi connectivity index (χ4n) is 4.19. The van der Waals surface area contributed by atoms with Crippen molar-refractivity contribution in [3.8, 4) is 0 Å². The van der Waals surface area contributed by atoms with Gasteiger partial charge in [0.05, 0.1) is 21.2 Å². The van der Waals surface area contributed by atoms with Crippen molar-refractivity contribution < 1.29 is 193 Å². The van der Waals surface area contributed by atoms with Crippen LogP contribution in [0.15, 0.2) is 0 Å². The molecule has 0 atom stereocenters. The van der Waals surface area contributed by atoms with Crippen molar-refractivity contribution in [2.75, 3.05) is 12.3 Å². The number of hydrogen-bond acceptors (Lipinski definition) is 0. The molecule has 0 fully saturated rings. The molecule has 4 rings (SSSR count). The summed E-state index contributed by atoms with van der Waals surface area (Å²) in [4.78, 5) is 0. The molecule has 0 heterocycles. The molecule has 382 valence electrons. The van der Waals surface area contributed by atoms with Crippen LogP contribution >= 0.6 is 15.8 Å². The number of benzene rings is 4. The maximum atomic E-state index is 14.9. The third-order valence-corrected chi connectivity index (χ3v) is 11.8. The number of halogens is 20. The molecule has 0 bridgehead atoms. The zero-order valence-electron chi connectivity index (χ0n) is 32.0. The van der Waals surface area contributed by atoms with Gasteiger partial charge in [-0.3, -0.25) is 0 Å². The molecule has 0 saturated heterocycles. The van der Waals surface area contributed by atoms with E-state index in [1.165, 1.54) is 0 Å². The largest absolute Gasteiger partial charge is 0 e. The normalized spacial score (nSPS) is 8.31. The predicted molar refractivity (Wildman–Crippen MR) is 166 cm³/mol. The van der Waals surface area contributed by atoms with Gasteiger partial charge in [-0.15, -0.1) is 0 Å². The first kappa shape index (κ1) is 89.5. The molecule has 0 spiro atoms. The van der Waals surface area contributed by atoms with E-state index in [0.29, 0.717) is 0 Å². The molecular weight excluding hydrogens is 1340 g/mol. The summed E-state index contributed by atoms with van der Waals surface area (Å²) < 4.78 is 362. The van der Waals surface area contributed by atoms with Gasteiger partial charge in [0, 0.05) is 58.4 Å². The smallest absolute Gasteiger partial charge is 0 e. The van der Waals surface area contributed by atoms with Crippen molar-refractivity contribution in [1.29, 1.82) is 0 Å². The van der Waals surface area contributed by atoms with Gasteiger partial charge in [-0.1, -0.05) is 0 Å². The SMILES string of the molecule is Fc1c(F)c(F)c(P(CCP(c2c(F)c(F)c(F)c(F)c2F)c2c(F)c(F)c(F)c(F)c2F)c2c(F)c(F)c(F)c(F)c2F)c(F)c1F.[C-]#[O+].[C-]#[O+].[C-]#[O+].[C-]#[O+].[C-]#[O+].[C-]#[O+].[C-]#[O+].[C-]#[O+].[C-]#[O+].[C-]#[O+].[Ru].[Ru].[Ru]. The van der Waals surface area contributed by atoms with Crippen molar-refractivity contribution in [3.05, 3.63) is 183 Å². The van der Waals surface area contributed by atoms with Crippen molar-refractivity contribution >= 4 is 37.1 Å². The molecule has 0 N–H and O–H groups in total. The van der Waals surface area contributed by atoms with E-state index in [1.807, 2.05) is 0 Å². The fourth-order valence-corrected chi connectivity index (χ4v) is 9.81. The molecule has 10 nitrogen and oxygen atoms in total. The third kappa shape index (κ3) is 20.9. The van der Waals surface area contributed by atoms with E-state index < -0.39 is 166 Å². The second-order valence-corrected chi connectivity index (χ2v) is 13.4. The summed E-state index contributed by atoms with van der Waals surface area (Å²) in [7, 11) is -8.82. The van der Waals surface area contributed by atoms with Crippen LogP contribution in [0.3, 0.4) is 0 Å². The van der Waals surface area contributed by atoms with Gasteiger partial charge >= 0.3 is 113 Å². The average Bonchev–Trinajstić information content (AvgIpc) is 3.40. The van der Waals surface area contributed by atoms with Gasteiger partial charge in [0.1, 0.15) is 0 Å². The Bertz CT molecular complexity index is 2060. The van der Waals surface area contributed by atoms with Crippen molar-refractivity contribution in [1.82, 2.24) is 0 Å². The average molecular weight is 1340 g/mol. The monoisotopic (exact) mass is 1340 g/mol. The summed E-state index contributed by atoms with van der Waals surface area (Å²) in [6, 6.07) is 0. The van der Waals surface area contributed by atoms with Crippen LogP contribution < -0.4 is 21.2 Å². The minimum Gasteiger partial charge on any atom is 0 e. The minimum atomic E-state index is -4.41. The first-order valence-electron chi connectivity index (χ1n) is 13.8. The van der Waals surface area contributed by atoms with E-state index in [4.69, 9.17) is 46.5 Å². The molecule has 0 saturated carbocycles. The second-order valence-electron chi connectivity index (χ2n) is 8.98. The molecule has 0 amide bonds. The van der Waals surface area contributed by atoms with Gasteiger partial charge in [0.15, 0.2) is 93.1 Å². The van der Waals surface area contributed by atoms with Crippen LogP contribution in [0.4, 0.5) is 87.8 Å². The fraction of sp³-hybridized carbons (Fsp3) is 0.0556. The maximum Gasteiger partial charge on any atom is 0 e. The van der Waals surface area contributed by atoms with E-state index in [2.05, 4.69) is 66.5 Å². The number of hydrogen-bond donors (Lipinski definition) is 0. The first-order valence-corrected chi connectivity index (χ1v) is 16.9. The molecular formula is C36H4F20O10P2Ru3. The van der Waals surface area contributed by atoms with E-state index >= 15 is 0 Å².